The third-order valence-electron chi connectivity index (χ3n) is 4.91. The van der Waals surface area contributed by atoms with E-state index in [2.05, 4.69) is 36.1 Å². The molecule has 1 aliphatic carbocycles. The molecule has 130 valence electrons. The van der Waals surface area contributed by atoms with Gasteiger partial charge in [-0.2, -0.15) is 0 Å². The van der Waals surface area contributed by atoms with Gasteiger partial charge in [-0.25, -0.2) is 9.97 Å². The van der Waals surface area contributed by atoms with Crippen LogP contribution in [0, 0.1) is 26.7 Å². The normalized spacial score (nSPS) is 21.2. The lowest BCUT2D eigenvalue weighted by Gasteiger charge is -2.29. The summed E-state index contributed by atoms with van der Waals surface area (Å²) in [5, 5.41) is 5.27. The molecule has 0 radical (unpaired) electrons. The maximum absolute atomic E-state index is 12.4. The summed E-state index contributed by atoms with van der Waals surface area (Å²) in [5.41, 5.74) is 1.24. The summed E-state index contributed by atoms with van der Waals surface area (Å²) >= 11 is 3.24. The minimum Gasteiger partial charge on any atom is -0.352 e. The molecule has 2 heterocycles. The van der Waals surface area contributed by atoms with E-state index in [0.717, 1.165) is 27.5 Å². The molecule has 1 fully saturated rings. The Morgan fingerprint density at radius 3 is 2.75 bits per heavy atom. The molecule has 0 aliphatic heterocycles. The number of hydrogen-bond acceptors (Lipinski definition) is 5. The van der Waals surface area contributed by atoms with E-state index < -0.39 is 0 Å². The lowest BCUT2D eigenvalue weighted by molar-refractivity contribution is -0.119. The van der Waals surface area contributed by atoms with Crippen LogP contribution in [-0.4, -0.2) is 27.7 Å². The predicted molar refractivity (Wildman–Crippen MR) is 102 cm³/mol. The Morgan fingerprint density at radius 1 is 1.25 bits per heavy atom. The fraction of sp³-hybridized carbons (Fsp3) is 0.611. The van der Waals surface area contributed by atoms with Crippen molar-refractivity contribution in [2.45, 2.75) is 64.4 Å². The molecule has 0 aromatic carbocycles. The molecule has 0 spiro atoms. The van der Waals surface area contributed by atoms with E-state index >= 15 is 0 Å². The molecule has 0 bridgehead atoms. The zero-order chi connectivity index (χ0) is 17.3. The smallest absolute Gasteiger partial charge is 0.230 e. The molecule has 2 unspecified atom stereocenters. The van der Waals surface area contributed by atoms with Gasteiger partial charge in [-0.05, 0) is 45.1 Å². The fourth-order valence-corrected chi connectivity index (χ4v) is 5.41. The number of aromatic nitrogens is 2. The third kappa shape index (κ3) is 3.75. The zero-order valence-corrected chi connectivity index (χ0v) is 16.4. The maximum Gasteiger partial charge on any atom is 0.230 e. The van der Waals surface area contributed by atoms with Crippen LogP contribution in [0.2, 0.25) is 0 Å². The lowest BCUT2D eigenvalue weighted by atomic mass is 9.86. The summed E-state index contributed by atoms with van der Waals surface area (Å²) in [6, 6.07) is 0.337. The molecule has 3 rings (SSSR count). The monoisotopic (exact) mass is 363 g/mol. The van der Waals surface area contributed by atoms with Crippen molar-refractivity contribution in [1.82, 2.24) is 15.3 Å². The Morgan fingerprint density at radius 2 is 2.00 bits per heavy atom. The number of nitrogens with one attached hydrogen (secondary N) is 1. The van der Waals surface area contributed by atoms with Gasteiger partial charge in [0.05, 0.1) is 5.75 Å². The number of rotatable bonds is 4. The van der Waals surface area contributed by atoms with Crippen molar-refractivity contribution in [1.29, 1.82) is 0 Å². The van der Waals surface area contributed by atoms with Crippen molar-refractivity contribution < 1.29 is 4.79 Å². The van der Waals surface area contributed by atoms with Crippen LogP contribution < -0.4 is 5.32 Å². The van der Waals surface area contributed by atoms with Crippen molar-refractivity contribution in [2.24, 2.45) is 5.92 Å². The highest BCUT2D eigenvalue weighted by Crippen LogP contribution is 2.35. The largest absolute Gasteiger partial charge is 0.352 e. The average Bonchev–Trinajstić information content (AvgIpc) is 2.81. The summed E-state index contributed by atoms with van der Waals surface area (Å²) < 4.78 is 0. The van der Waals surface area contributed by atoms with Gasteiger partial charge in [0, 0.05) is 16.3 Å². The second-order valence-electron chi connectivity index (χ2n) is 6.76. The van der Waals surface area contributed by atoms with Gasteiger partial charge in [0.15, 0.2) is 0 Å². The van der Waals surface area contributed by atoms with Crippen LogP contribution in [0.3, 0.4) is 0 Å². The van der Waals surface area contributed by atoms with E-state index in [1.54, 1.807) is 11.3 Å². The molecule has 2 aromatic rings. The molecule has 24 heavy (non-hydrogen) atoms. The van der Waals surface area contributed by atoms with E-state index in [9.17, 15) is 4.79 Å². The number of hydrogen-bond donors (Lipinski definition) is 1. The van der Waals surface area contributed by atoms with Gasteiger partial charge < -0.3 is 5.32 Å². The Hall–Kier alpha value is -1.14. The third-order valence-corrected chi connectivity index (χ3v) is 6.98. The van der Waals surface area contributed by atoms with E-state index in [1.807, 2.05) is 6.92 Å². The van der Waals surface area contributed by atoms with Crippen molar-refractivity contribution in [3.63, 3.8) is 0 Å². The summed E-state index contributed by atoms with van der Waals surface area (Å²) in [5.74, 6) is 1.89. The van der Waals surface area contributed by atoms with Crippen LogP contribution in [0.4, 0.5) is 0 Å². The van der Waals surface area contributed by atoms with Crippen molar-refractivity contribution in [2.75, 3.05) is 5.75 Å². The van der Waals surface area contributed by atoms with Crippen molar-refractivity contribution in [3.8, 4) is 0 Å². The summed E-state index contributed by atoms with van der Waals surface area (Å²) in [4.78, 5) is 23.8. The number of nitrogens with zero attached hydrogens (tertiary/aromatic N) is 2. The topological polar surface area (TPSA) is 54.9 Å². The SMILES string of the molecule is Cc1nc(SCC(=O)NC2CCCCC2C)c2c(C)c(C)sc2n1. The molecule has 2 aromatic heterocycles. The first-order valence-corrected chi connectivity index (χ1v) is 10.4. The molecule has 1 saturated carbocycles. The van der Waals surface area contributed by atoms with Crippen LogP contribution in [0.25, 0.3) is 10.2 Å². The number of thioether (sulfide) groups is 1. The molecule has 1 amide bonds. The number of fused-ring (bicyclic) bond motifs is 1. The van der Waals surface area contributed by atoms with Gasteiger partial charge in [-0.1, -0.05) is 31.5 Å². The minimum atomic E-state index is 0.118. The fourth-order valence-electron chi connectivity index (χ4n) is 3.33. The quantitative estimate of drug-likeness (QED) is 0.646. The average molecular weight is 364 g/mol. The Balaban J connectivity index is 1.70. The molecule has 1 aliphatic rings. The summed E-state index contributed by atoms with van der Waals surface area (Å²) in [7, 11) is 0. The first-order chi connectivity index (χ1) is 11.5. The number of thiophene rings is 1. The van der Waals surface area contributed by atoms with E-state index in [0.29, 0.717) is 17.7 Å². The summed E-state index contributed by atoms with van der Waals surface area (Å²) in [6.45, 7) is 8.38. The Labute approximate surface area is 151 Å². The van der Waals surface area contributed by atoms with E-state index in [4.69, 9.17) is 0 Å². The van der Waals surface area contributed by atoms with Crippen LogP contribution in [0.15, 0.2) is 5.03 Å². The Bertz CT molecular complexity index is 756. The molecular weight excluding hydrogens is 338 g/mol. The second-order valence-corrected chi connectivity index (χ2v) is 8.93. The van der Waals surface area contributed by atoms with Crippen LogP contribution in [0.1, 0.15) is 48.9 Å². The second kappa shape index (κ2) is 7.40. The highest BCUT2D eigenvalue weighted by molar-refractivity contribution is 8.00. The van der Waals surface area contributed by atoms with Gasteiger partial charge in [-0.3, -0.25) is 4.79 Å². The first-order valence-electron chi connectivity index (χ1n) is 8.62. The molecule has 2 atom stereocenters. The van der Waals surface area contributed by atoms with Gasteiger partial charge in [0.1, 0.15) is 15.7 Å². The molecule has 0 saturated heterocycles. The minimum absolute atomic E-state index is 0.118. The number of carbonyl (C=O) groups excluding carboxylic acids is 1. The molecule has 1 N–H and O–H groups in total. The highest BCUT2D eigenvalue weighted by Gasteiger charge is 2.23. The van der Waals surface area contributed by atoms with Gasteiger partial charge in [0.25, 0.3) is 0 Å². The van der Waals surface area contributed by atoms with Crippen molar-refractivity contribution in [3.05, 3.63) is 16.3 Å². The van der Waals surface area contributed by atoms with Crippen LogP contribution >= 0.6 is 23.1 Å². The van der Waals surface area contributed by atoms with E-state index in [1.165, 1.54) is 41.5 Å². The summed E-state index contributed by atoms with van der Waals surface area (Å²) in [6.07, 6.45) is 4.84. The van der Waals surface area contributed by atoms with E-state index in [-0.39, 0.29) is 5.91 Å². The lowest BCUT2D eigenvalue weighted by Crippen LogP contribution is -2.41. The Kier molecular flexibility index (Phi) is 5.45. The molecule has 4 nitrogen and oxygen atoms in total. The molecule has 6 heteroatoms. The first kappa shape index (κ1) is 17.7. The standard InChI is InChI=1S/C18H25N3OS2/c1-10-7-5-6-8-14(10)21-15(22)9-23-17-16-11(2)12(3)24-18(16)20-13(4)19-17/h10,14H,5-9H2,1-4H3,(H,21,22). The van der Waals surface area contributed by atoms with Crippen molar-refractivity contribution >= 4 is 39.2 Å². The zero-order valence-electron chi connectivity index (χ0n) is 14.8. The maximum atomic E-state index is 12.4. The predicted octanol–water partition coefficient (Wildman–Crippen LogP) is 4.40. The van der Waals surface area contributed by atoms with Gasteiger partial charge in [-0.15, -0.1) is 11.3 Å². The van der Waals surface area contributed by atoms with Crippen LogP contribution in [-0.2, 0) is 4.79 Å². The molecular formula is C18H25N3OS2. The number of amides is 1. The number of aryl methyl sites for hydroxylation is 3. The van der Waals surface area contributed by atoms with Crippen LogP contribution in [0.5, 0.6) is 0 Å². The highest BCUT2D eigenvalue weighted by atomic mass is 32.2. The number of carbonyl (C=O) groups is 1. The van der Waals surface area contributed by atoms with Gasteiger partial charge >= 0.3 is 0 Å². The van der Waals surface area contributed by atoms with Gasteiger partial charge in [0.2, 0.25) is 5.91 Å².